The van der Waals surface area contributed by atoms with Crippen molar-refractivity contribution in [1.29, 1.82) is 0 Å². The predicted octanol–water partition coefficient (Wildman–Crippen LogP) is 2.55. The molecule has 2 aliphatic heterocycles. The maximum atomic E-state index is 13.2. The molecule has 4 aliphatic rings. The number of imide groups is 1. The Labute approximate surface area is 179 Å². The lowest BCUT2D eigenvalue weighted by Gasteiger charge is -2.58. The highest BCUT2D eigenvalue weighted by molar-refractivity contribution is 6.24. The number of phenols is 1. The first-order chi connectivity index (χ1) is 14.5. The third-order valence-electron chi connectivity index (χ3n) is 7.52. The number of nitrogens with one attached hydrogen (secondary N) is 2. The molecule has 1 aromatic rings. The third-order valence-corrected chi connectivity index (χ3v) is 7.52. The van der Waals surface area contributed by atoms with Crippen LogP contribution in [0.15, 0.2) is 41.1 Å². The quantitative estimate of drug-likeness (QED) is 0.603. The molecule has 2 atom stereocenters. The number of allylic oxidation sites excluding steroid dienone is 3. The molecule has 0 aromatic heterocycles. The number of hydrogen-bond donors (Lipinski definition) is 3. The van der Waals surface area contributed by atoms with Crippen LogP contribution in [-0.2, 0) is 11.2 Å². The van der Waals surface area contributed by atoms with Gasteiger partial charge in [0.25, 0.3) is 11.8 Å². The molecule has 1 spiro atoms. The third kappa shape index (κ3) is 2.11. The van der Waals surface area contributed by atoms with Crippen LogP contribution in [0.2, 0.25) is 0 Å². The van der Waals surface area contributed by atoms with E-state index in [1.165, 1.54) is 6.07 Å². The van der Waals surface area contributed by atoms with Gasteiger partial charge in [-0.2, -0.15) is 0 Å². The van der Waals surface area contributed by atoms with Gasteiger partial charge < -0.3 is 15.2 Å². The van der Waals surface area contributed by atoms with Gasteiger partial charge in [-0.15, -0.1) is 0 Å². The first kappa shape index (κ1) is 19.6. The van der Waals surface area contributed by atoms with Crippen molar-refractivity contribution < 1.29 is 24.2 Å². The Morgan fingerprint density at radius 1 is 1.10 bits per heavy atom. The van der Waals surface area contributed by atoms with Crippen LogP contribution >= 0.6 is 0 Å². The van der Waals surface area contributed by atoms with Crippen molar-refractivity contribution in [2.75, 3.05) is 7.05 Å². The maximum absolute atomic E-state index is 13.2. The van der Waals surface area contributed by atoms with Gasteiger partial charge in [0.15, 0.2) is 11.4 Å². The van der Waals surface area contributed by atoms with Crippen LogP contribution in [0.25, 0.3) is 0 Å². The lowest BCUT2D eigenvalue weighted by atomic mass is 9.52. The summed E-state index contributed by atoms with van der Waals surface area (Å²) in [4.78, 5) is 38.1. The molecule has 0 saturated carbocycles. The second-order valence-corrected chi connectivity index (χ2v) is 9.46. The molecule has 1 aromatic carbocycles. The summed E-state index contributed by atoms with van der Waals surface area (Å²) in [5.74, 6) is -1.23. The molecular formula is C24H24N2O5. The van der Waals surface area contributed by atoms with Gasteiger partial charge in [-0.25, -0.2) is 0 Å². The SMILES string of the molecule is CNC1=CC23Oc4c(cc(O)c5c4C(=O)NC5=O)CC2(C)C(C)=CC=C3C(C)(C)C1=O. The van der Waals surface area contributed by atoms with E-state index in [0.717, 1.165) is 11.1 Å². The largest absolute Gasteiger partial charge is 0.507 e. The molecule has 0 saturated heterocycles. The minimum atomic E-state index is -1.04. The van der Waals surface area contributed by atoms with E-state index in [2.05, 4.69) is 17.6 Å². The molecule has 3 N–H and O–H groups in total. The van der Waals surface area contributed by atoms with Crippen molar-refractivity contribution in [2.24, 2.45) is 10.8 Å². The molecular weight excluding hydrogens is 396 g/mol. The van der Waals surface area contributed by atoms with Gasteiger partial charge in [-0.1, -0.05) is 24.6 Å². The molecule has 2 aliphatic carbocycles. The number of likely N-dealkylation sites (N-methyl/N-ethyl adjacent to an activating group) is 1. The van der Waals surface area contributed by atoms with Gasteiger partial charge >= 0.3 is 0 Å². The van der Waals surface area contributed by atoms with E-state index in [1.807, 2.05) is 39.0 Å². The topological polar surface area (TPSA) is 105 Å². The normalized spacial score (nSPS) is 30.0. The lowest BCUT2D eigenvalue weighted by Crippen LogP contribution is -2.62. The van der Waals surface area contributed by atoms with E-state index in [-0.39, 0.29) is 28.4 Å². The predicted molar refractivity (Wildman–Crippen MR) is 113 cm³/mol. The summed E-state index contributed by atoms with van der Waals surface area (Å²) in [6.45, 7) is 7.83. The number of benzene rings is 1. The number of carbonyl (C=O) groups excluding carboxylic acids is 3. The molecule has 31 heavy (non-hydrogen) atoms. The van der Waals surface area contributed by atoms with Crippen molar-refractivity contribution >= 4 is 17.6 Å². The molecule has 5 rings (SSSR count). The minimum absolute atomic E-state index is 0.0413. The number of amides is 2. The zero-order chi connectivity index (χ0) is 22.5. The average Bonchev–Trinajstić information content (AvgIpc) is 3.00. The standard InChI is InChI=1S/C24H24N2O5/c1-11-6-7-15-22(2,3)19(28)13(25-5)10-24(15)23(11,4)9-12-8-14(27)16-17(18(12)31-24)21(30)26-20(16)29/h6-8,10,25,27H,9H2,1-5H3,(H,26,29,30). The van der Waals surface area contributed by atoms with Crippen LogP contribution < -0.4 is 15.4 Å². The van der Waals surface area contributed by atoms with Crippen LogP contribution in [0.1, 0.15) is 54.0 Å². The Morgan fingerprint density at radius 2 is 1.77 bits per heavy atom. The fourth-order valence-corrected chi connectivity index (χ4v) is 5.57. The highest BCUT2D eigenvalue weighted by atomic mass is 16.5. The van der Waals surface area contributed by atoms with E-state index >= 15 is 0 Å². The molecule has 0 radical (unpaired) electrons. The summed E-state index contributed by atoms with van der Waals surface area (Å²) in [5.41, 5.74) is 0.475. The molecule has 0 bridgehead atoms. The zero-order valence-electron chi connectivity index (χ0n) is 18.1. The number of Topliss-reactive ketones (excluding diaryl/α,β-unsaturated/α-hetero) is 1. The smallest absolute Gasteiger partial charge is 0.262 e. The summed E-state index contributed by atoms with van der Waals surface area (Å²) in [6, 6.07) is 1.51. The number of fused-ring (bicyclic) bond motifs is 3. The fraction of sp³-hybridized carbons (Fsp3) is 0.375. The summed E-state index contributed by atoms with van der Waals surface area (Å²) >= 11 is 0. The summed E-state index contributed by atoms with van der Waals surface area (Å²) in [7, 11) is 1.70. The van der Waals surface area contributed by atoms with Gasteiger partial charge in [0, 0.05) is 12.5 Å². The van der Waals surface area contributed by atoms with E-state index in [1.54, 1.807) is 7.05 Å². The number of hydrogen-bond acceptors (Lipinski definition) is 6. The minimum Gasteiger partial charge on any atom is -0.507 e. The van der Waals surface area contributed by atoms with Crippen molar-refractivity contribution in [3.8, 4) is 11.5 Å². The lowest BCUT2D eigenvalue weighted by molar-refractivity contribution is -0.125. The highest BCUT2D eigenvalue weighted by Gasteiger charge is 2.63. The second-order valence-electron chi connectivity index (χ2n) is 9.46. The highest BCUT2D eigenvalue weighted by Crippen LogP contribution is 2.61. The van der Waals surface area contributed by atoms with Crippen molar-refractivity contribution in [3.63, 3.8) is 0 Å². The van der Waals surface area contributed by atoms with Gasteiger partial charge in [0.2, 0.25) is 0 Å². The maximum Gasteiger partial charge on any atom is 0.262 e. The van der Waals surface area contributed by atoms with Crippen molar-refractivity contribution in [3.05, 3.63) is 57.8 Å². The van der Waals surface area contributed by atoms with E-state index < -0.39 is 28.2 Å². The van der Waals surface area contributed by atoms with Crippen LogP contribution in [0.5, 0.6) is 11.5 Å². The second kappa shape index (κ2) is 5.66. The summed E-state index contributed by atoms with van der Waals surface area (Å²) < 4.78 is 6.73. The number of ketones is 1. The molecule has 2 amide bonds. The average molecular weight is 420 g/mol. The first-order valence-corrected chi connectivity index (χ1v) is 10.3. The van der Waals surface area contributed by atoms with Crippen LogP contribution in [0, 0.1) is 10.8 Å². The molecule has 0 fully saturated rings. The fourth-order valence-electron chi connectivity index (χ4n) is 5.57. The Kier molecular flexibility index (Phi) is 3.58. The monoisotopic (exact) mass is 420 g/mol. The molecule has 160 valence electrons. The summed E-state index contributed by atoms with van der Waals surface area (Å²) in [5, 5.41) is 15.8. The van der Waals surface area contributed by atoms with Crippen LogP contribution in [-0.4, -0.2) is 35.4 Å². The molecule has 2 heterocycles. The molecule has 7 nitrogen and oxygen atoms in total. The molecule has 2 unspecified atom stereocenters. The number of phenolic OH excluding ortho intramolecular Hbond substituents is 1. The van der Waals surface area contributed by atoms with Gasteiger partial charge in [-0.05, 0) is 50.5 Å². The van der Waals surface area contributed by atoms with Gasteiger partial charge in [0.1, 0.15) is 11.5 Å². The van der Waals surface area contributed by atoms with E-state index in [0.29, 0.717) is 17.7 Å². The van der Waals surface area contributed by atoms with Gasteiger partial charge in [0.05, 0.1) is 22.2 Å². The van der Waals surface area contributed by atoms with Gasteiger partial charge in [-0.3, -0.25) is 19.7 Å². The number of carbonyl (C=O) groups is 3. The van der Waals surface area contributed by atoms with E-state index in [4.69, 9.17) is 4.74 Å². The first-order valence-electron chi connectivity index (χ1n) is 10.3. The number of rotatable bonds is 1. The Balaban J connectivity index is 1.86. The Hall–Kier alpha value is -3.35. The number of ether oxygens (including phenoxy) is 1. The number of aromatic hydroxyl groups is 1. The Morgan fingerprint density at radius 3 is 2.45 bits per heavy atom. The van der Waals surface area contributed by atoms with Crippen LogP contribution in [0.4, 0.5) is 0 Å². The Bertz CT molecular complexity index is 1220. The van der Waals surface area contributed by atoms with Crippen molar-refractivity contribution in [1.82, 2.24) is 10.6 Å². The molecule has 7 heteroatoms. The van der Waals surface area contributed by atoms with Crippen molar-refractivity contribution in [2.45, 2.75) is 39.7 Å². The van der Waals surface area contributed by atoms with E-state index in [9.17, 15) is 19.5 Å². The zero-order valence-corrected chi connectivity index (χ0v) is 18.1. The summed E-state index contributed by atoms with van der Waals surface area (Å²) in [6.07, 6.45) is 6.23. The van der Waals surface area contributed by atoms with Crippen LogP contribution in [0.3, 0.4) is 0 Å².